The minimum absolute atomic E-state index is 0.0166. The molecular formula is C24H22FN3O2. The number of aromatic nitrogens is 2. The number of fused-ring (bicyclic) bond motifs is 1. The van der Waals surface area contributed by atoms with Crippen LogP contribution in [0.1, 0.15) is 21.7 Å². The Morgan fingerprint density at radius 2 is 1.87 bits per heavy atom. The topological polar surface area (TPSA) is 56.1 Å². The molecule has 0 saturated heterocycles. The van der Waals surface area contributed by atoms with Crippen LogP contribution in [0.3, 0.4) is 0 Å². The number of benzene rings is 3. The summed E-state index contributed by atoms with van der Waals surface area (Å²) in [6.07, 6.45) is 0. The molecule has 0 aliphatic carbocycles. The van der Waals surface area contributed by atoms with E-state index in [1.165, 1.54) is 12.1 Å². The molecule has 0 aliphatic rings. The fourth-order valence-corrected chi connectivity index (χ4v) is 3.37. The van der Waals surface area contributed by atoms with Gasteiger partial charge < -0.3 is 14.6 Å². The second-order valence-electron chi connectivity index (χ2n) is 7.00. The molecule has 1 N–H and O–H groups in total. The lowest BCUT2D eigenvalue weighted by molar-refractivity contribution is 0.0945. The summed E-state index contributed by atoms with van der Waals surface area (Å²) in [7, 11) is 0. The first kappa shape index (κ1) is 19.6. The summed E-state index contributed by atoms with van der Waals surface area (Å²) < 4.78 is 21.8. The number of nitrogens with one attached hydrogen (secondary N) is 1. The van der Waals surface area contributed by atoms with E-state index in [0.717, 1.165) is 22.3 Å². The Labute approximate surface area is 174 Å². The molecule has 0 aliphatic heterocycles. The Hall–Kier alpha value is -3.67. The van der Waals surface area contributed by atoms with Crippen LogP contribution in [0.15, 0.2) is 72.8 Å². The van der Waals surface area contributed by atoms with Gasteiger partial charge in [-0.3, -0.25) is 4.79 Å². The highest BCUT2D eigenvalue weighted by molar-refractivity contribution is 5.94. The highest BCUT2D eigenvalue weighted by Gasteiger charge is 2.14. The van der Waals surface area contributed by atoms with Crippen molar-refractivity contribution in [1.82, 2.24) is 14.9 Å². The van der Waals surface area contributed by atoms with Crippen molar-refractivity contribution in [2.75, 3.05) is 6.61 Å². The van der Waals surface area contributed by atoms with Crippen LogP contribution in [0.25, 0.3) is 11.0 Å². The average molecular weight is 403 g/mol. The van der Waals surface area contributed by atoms with E-state index in [1.54, 1.807) is 12.1 Å². The van der Waals surface area contributed by atoms with Crippen molar-refractivity contribution in [3.8, 4) is 5.75 Å². The van der Waals surface area contributed by atoms with Gasteiger partial charge in [0.1, 0.15) is 24.0 Å². The average Bonchev–Trinajstić information content (AvgIpc) is 3.10. The Morgan fingerprint density at radius 1 is 1.07 bits per heavy atom. The van der Waals surface area contributed by atoms with Crippen molar-refractivity contribution in [2.45, 2.75) is 20.0 Å². The van der Waals surface area contributed by atoms with Crippen molar-refractivity contribution < 1.29 is 13.9 Å². The van der Waals surface area contributed by atoms with Crippen LogP contribution in [-0.4, -0.2) is 22.1 Å². The predicted molar refractivity (Wildman–Crippen MR) is 114 cm³/mol. The summed E-state index contributed by atoms with van der Waals surface area (Å²) in [6, 6.07) is 21.6. The maximum atomic E-state index is 13.9. The number of ether oxygens (including phenoxy) is 1. The number of halogens is 1. The van der Waals surface area contributed by atoms with Crippen LogP contribution < -0.4 is 10.1 Å². The van der Waals surface area contributed by atoms with Gasteiger partial charge in [-0.25, -0.2) is 9.37 Å². The van der Waals surface area contributed by atoms with E-state index in [1.807, 2.05) is 60.0 Å². The second-order valence-corrected chi connectivity index (χ2v) is 7.00. The molecule has 1 amide bonds. The Morgan fingerprint density at radius 3 is 2.70 bits per heavy atom. The van der Waals surface area contributed by atoms with Crippen LogP contribution in [-0.2, 0) is 13.1 Å². The van der Waals surface area contributed by atoms with Gasteiger partial charge in [0.05, 0.1) is 29.7 Å². The van der Waals surface area contributed by atoms with E-state index in [0.29, 0.717) is 19.0 Å². The third kappa shape index (κ3) is 4.33. The first-order chi connectivity index (χ1) is 14.6. The van der Waals surface area contributed by atoms with E-state index in [4.69, 9.17) is 4.74 Å². The summed E-state index contributed by atoms with van der Waals surface area (Å²) in [5, 5.41) is 2.77. The molecule has 0 saturated carbocycles. The summed E-state index contributed by atoms with van der Waals surface area (Å²) in [4.78, 5) is 17.0. The number of carbonyl (C=O) groups excluding carboxylic acids is 1. The third-order valence-corrected chi connectivity index (χ3v) is 4.83. The fourth-order valence-electron chi connectivity index (χ4n) is 3.37. The lowest BCUT2D eigenvalue weighted by Crippen LogP contribution is -2.26. The van der Waals surface area contributed by atoms with Gasteiger partial charge in [0.25, 0.3) is 5.91 Å². The molecule has 30 heavy (non-hydrogen) atoms. The quantitative estimate of drug-likeness (QED) is 0.495. The van der Waals surface area contributed by atoms with E-state index in [9.17, 15) is 9.18 Å². The maximum Gasteiger partial charge on any atom is 0.254 e. The van der Waals surface area contributed by atoms with Crippen molar-refractivity contribution in [2.24, 2.45) is 0 Å². The Balaban J connectivity index is 1.50. The minimum Gasteiger partial charge on any atom is -0.492 e. The van der Waals surface area contributed by atoms with Crippen LogP contribution in [0.4, 0.5) is 4.39 Å². The van der Waals surface area contributed by atoms with E-state index in [-0.39, 0.29) is 12.1 Å². The zero-order valence-electron chi connectivity index (χ0n) is 16.6. The van der Waals surface area contributed by atoms with Crippen molar-refractivity contribution in [3.63, 3.8) is 0 Å². The largest absolute Gasteiger partial charge is 0.492 e. The number of aryl methyl sites for hydroxylation is 1. The summed E-state index contributed by atoms with van der Waals surface area (Å²) in [5.74, 6) is 0.486. The number of imidazole rings is 1. The molecule has 0 radical (unpaired) electrons. The van der Waals surface area contributed by atoms with E-state index < -0.39 is 11.7 Å². The van der Waals surface area contributed by atoms with Crippen LogP contribution >= 0.6 is 0 Å². The molecule has 1 heterocycles. The van der Waals surface area contributed by atoms with Crippen molar-refractivity contribution in [3.05, 3.63) is 95.6 Å². The number of hydrogen-bond acceptors (Lipinski definition) is 3. The van der Waals surface area contributed by atoms with Gasteiger partial charge in [-0.15, -0.1) is 0 Å². The summed E-state index contributed by atoms with van der Waals surface area (Å²) in [5.41, 5.74) is 2.95. The Bertz CT molecular complexity index is 1190. The molecular weight excluding hydrogens is 381 g/mol. The van der Waals surface area contributed by atoms with Gasteiger partial charge in [-0.05, 0) is 48.9 Å². The first-order valence-corrected chi connectivity index (χ1v) is 9.78. The number of carbonyl (C=O) groups is 1. The van der Waals surface area contributed by atoms with E-state index in [2.05, 4.69) is 10.3 Å². The molecule has 3 aromatic carbocycles. The van der Waals surface area contributed by atoms with Crippen LogP contribution in [0.5, 0.6) is 5.75 Å². The smallest absolute Gasteiger partial charge is 0.254 e. The monoisotopic (exact) mass is 403 g/mol. The lowest BCUT2D eigenvalue weighted by Gasteiger charge is -2.12. The van der Waals surface area contributed by atoms with Crippen molar-refractivity contribution in [1.29, 1.82) is 0 Å². The van der Waals surface area contributed by atoms with Crippen LogP contribution in [0, 0.1) is 12.7 Å². The zero-order chi connectivity index (χ0) is 20.9. The summed E-state index contributed by atoms with van der Waals surface area (Å²) >= 11 is 0. The lowest BCUT2D eigenvalue weighted by atomic mass is 10.2. The van der Waals surface area contributed by atoms with Gasteiger partial charge in [-0.1, -0.05) is 36.4 Å². The minimum atomic E-state index is -0.546. The number of amides is 1. The molecule has 0 fully saturated rings. The van der Waals surface area contributed by atoms with Gasteiger partial charge in [-0.2, -0.15) is 0 Å². The molecule has 0 bridgehead atoms. The number of nitrogens with zero attached hydrogens (tertiary/aromatic N) is 2. The SMILES string of the molecule is Cc1cccc(OCCn2c(CNC(=O)c3ccccc3F)nc3ccccc32)c1. The molecule has 0 unspecified atom stereocenters. The second kappa shape index (κ2) is 8.78. The molecule has 6 heteroatoms. The molecule has 4 rings (SSSR count). The van der Waals surface area contributed by atoms with Crippen LogP contribution in [0.2, 0.25) is 0 Å². The molecule has 1 aromatic heterocycles. The first-order valence-electron chi connectivity index (χ1n) is 9.78. The highest BCUT2D eigenvalue weighted by atomic mass is 19.1. The molecule has 0 spiro atoms. The van der Waals surface area contributed by atoms with E-state index >= 15 is 0 Å². The van der Waals surface area contributed by atoms with Crippen molar-refractivity contribution >= 4 is 16.9 Å². The highest BCUT2D eigenvalue weighted by Crippen LogP contribution is 2.17. The Kier molecular flexibility index (Phi) is 5.75. The normalized spacial score (nSPS) is 10.9. The third-order valence-electron chi connectivity index (χ3n) is 4.83. The maximum absolute atomic E-state index is 13.9. The van der Waals surface area contributed by atoms with Gasteiger partial charge >= 0.3 is 0 Å². The van der Waals surface area contributed by atoms with Gasteiger partial charge in [0, 0.05) is 0 Å². The molecule has 0 atom stereocenters. The fraction of sp³-hybridized carbons (Fsp3) is 0.167. The zero-order valence-corrected chi connectivity index (χ0v) is 16.6. The number of rotatable bonds is 7. The number of hydrogen-bond donors (Lipinski definition) is 1. The number of para-hydroxylation sites is 2. The van der Waals surface area contributed by atoms with Gasteiger partial charge in [0.15, 0.2) is 0 Å². The standard InChI is InChI=1S/C24H22FN3O2/c1-17-7-6-8-18(15-17)30-14-13-28-22-12-5-4-11-21(22)27-23(28)16-26-24(29)19-9-2-3-10-20(19)25/h2-12,15H,13-14,16H2,1H3,(H,26,29). The molecule has 4 aromatic rings. The predicted octanol–water partition coefficient (Wildman–Crippen LogP) is 4.49. The molecule has 152 valence electrons. The van der Waals surface area contributed by atoms with Gasteiger partial charge in [0.2, 0.25) is 0 Å². The summed E-state index contributed by atoms with van der Waals surface area (Å²) in [6.45, 7) is 3.23. The molecule has 5 nitrogen and oxygen atoms in total.